The molecule has 0 atom stereocenters. The highest BCUT2D eigenvalue weighted by atomic mass is 16.5. The predicted molar refractivity (Wildman–Crippen MR) is 104 cm³/mol. The monoisotopic (exact) mass is 365 g/mol. The van der Waals surface area contributed by atoms with Crippen LogP contribution in [0.25, 0.3) is 10.9 Å². The van der Waals surface area contributed by atoms with Crippen molar-refractivity contribution in [2.75, 3.05) is 37.7 Å². The van der Waals surface area contributed by atoms with Gasteiger partial charge < -0.3 is 19.5 Å². The van der Waals surface area contributed by atoms with E-state index in [1.807, 2.05) is 41.1 Å². The quantitative estimate of drug-likeness (QED) is 0.677. The van der Waals surface area contributed by atoms with E-state index in [1.54, 1.807) is 12.5 Å². The molecule has 3 heterocycles. The molecule has 1 N–H and O–H groups in total. The van der Waals surface area contributed by atoms with Crippen LogP contribution in [0.2, 0.25) is 0 Å². The van der Waals surface area contributed by atoms with Gasteiger partial charge in [0, 0.05) is 44.0 Å². The summed E-state index contributed by atoms with van der Waals surface area (Å²) in [5.74, 6) is 0.773. The first-order chi connectivity index (χ1) is 13.3. The highest BCUT2D eigenvalue weighted by Crippen LogP contribution is 2.23. The lowest BCUT2D eigenvalue weighted by Crippen LogP contribution is -2.37. The van der Waals surface area contributed by atoms with Crippen molar-refractivity contribution in [3.63, 3.8) is 0 Å². The Bertz CT molecular complexity index is 904. The molecule has 0 unspecified atom stereocenters. The average molecular weight is 365 g/mol. The van der Waals surface area contributed by atoms with Crippen molar-refractivity contribution < 1.29 is 9.53 Å². The van der Waals surface area contributed by atoms with E-state index in [2.05, 4.69) is 15.2 Å². The minimum atomic E-state index is -0.0614. The van der Waals surface area contributed by atoms with Crippen LogP contribution in [-0.2, 0) is 11.3 Å². The molecule has 1 fully saturated rings. The number of carbonyl (C=O) groups excluding carboxylic acids is 1. The van der Waals surface area contributed by atoms with E-state index in [0.29, 0.717) is 25.3 Å². The van der Waals surface area contributed by atoms with Crippen molar-refractivity contribution in [2.45, 2.75) is 13.0 Å². The number of fused-ring (bicyclic) bond motifs is 1. The largest absolute Gasteiger partial charge is 0.378 e. The number of imidazole rings is 1. The van der Waals surface area contributed by atoms with E-state index in [1.165, 1.54) is 0 Å². The highest BCUT2D eigenvalue weighted by molar-refractivity contribution is 6.07. The number of carbonyl (C=O) groups is 1. The van der Waals surface area contributed by atoms with E-state index < -0.39 is 0 Å². The summed E-state index contributed by atoms with van der Waals surface area (Å²) in [7, 11) is 0. The number of morpholine rings is 1. The Labute approximate surface area is 158 Å². The molecule has 0 saturated carbocycles. The average Bonchev–Trinajstić information content (AvgIpc) is 3.24. The van der Waals surface area contributed by atoms with Gasteiger partial charge in [-0.15, -0.1) is 0 Å². The standard InChI is InChI=1S/C20H23N5O2/c26-20(22-6-3-8-24-9-7-21-15-24)17-14-19(25-10-12-27-13-11-25)23-18-5-2-1-4-16(17)18/h1-2,4-5,7,9,14-15H,3,6,8,10-13H2,(H,22,26). The van der Waals surface area contributed by atoms with Crippen LogP contribution in [0.3, 0.4) is 0 Å². The molecule has 140 valence electrons. The lowest BCUT2D eigenvalue weighted by Gasteiger charge is -2.28. The number of rotatable bonds is 6. The number of anilines is 1. The molecule has 1 aromatic carbocycles. The van der Waals surface area contributed by atoms with Crippen molar-refractivity contribution >= 4 is 22.6 Å². The third kappa shape index (κ3) is 4.09. The first-order valence-electron chi connectivity index (χ1n) is 9.28. The Morgan fingerprint density at radius 1 is 1.22 bits per heavy atom. The van der Waals surface area contributed by atoms with Gasteiger partial charge in [0.15, 0.2) is 0 Å². The Morgan fingerprint density at radius 2 is 2.07 bits per heavy atom. The van der Waals surface area contributed by atoms with Crippen molar-refractivity contribution in [3.05, 3.63) is 54.6 Å². The fourth-order valence-electron chi connectivity index (χ4n) is 3.28. The number of benzene rings is 1. The lowest BCUT2D eigenvalue weighted by atomic mass is 10.1. The zero-order chi connectivity index (χ0) is 18.5. The van der Waals surface area contributed by atoms with Crippen LogP contribution in [0.5, 0.6) is 0 Å². The van der Waals surface area contributed by atoms with E-state index in [-0.39, 0.29) is 5.91 Å². The van der Waals surface area contributed by atoms with Crippen molar-refractivity contribution in [2.24, 2.45) is 0 Å². The molecule has 2 aromatic heterocycles. The second-order valence-corrected chi connectivity index (χ2v) is 6.55. The van der Waals surface area contributed by atoms with Gasteiger partial charge in [0.2, 0.25) is 0 Å². The predicted octanol–water partition coefficient (Wildman–Crippen LogP) is 2.09. The summed E-state index contributed by atoms with van der Waals surface area (Å²) in [4.78, 5) is 23.8. The summed E-state index contributed by atoms with van der Waals surface area (Å²) in [6.45, 7) is 4.39. The maximum Gasteiger partial charge on any atom is 0.252 e. The number of hydrogen-bond donors (Lipinski definition) is 1. The summed E-state index contributed by atoms with van der Waals surface area (Å²) in [5, 5.41) is 3.92. The SMILES string of the molecule is O=C(NCCCn1ccnc1)c1cc(N2CCOCC2)nc2ccccc12. The summed E-state index contributed by atoms with van der Waals surface area (Å²) in [6.07, 6.45) is 6.32. The molecule has 7 nitrogen and oxygen atoms in total. The van der Waals surface area contributed by atoms with Gasteiger partial charge in [-0.3, -0.25) is 4.79 Å². The smallest absolute Gasteiger partial charge is 0.252 e. The Hall–Kier alpha value is -2.93. The zero-order valence-corrected chi connectivity index (χ0v) is 15.2. The summed E-state index contributed by atoms with van der Waals surface area (Å²) in [5.41, 5.74) is 1.51. The molecular weight excluding hydrogens is 342 g/mol. The number of para-hydroxylation sites is 1. The summed E-state index contributed by atoms with van der Waals surface area (Å²) < 4.78 is 7.43. The first-order valence-corrected chi connectivity index (χ1v) is 9.28. The van der Waals surface area contributed by atoms with Gasteiger partial charge in [-0.1, -0.05) is 18.2 Å². The molecule has 1 amide bonds. The van der Waals surface area contributed by atoms with Crippen LogP contribution in [0.15, 0.2) is 49.1 Å². The molecule has 3 aromatic rings. The van der Waals surface area contributed by atoms with E-state index in [9.17, 15) is 4.79 Å². The fraction of sp³-hybridized carbons (Fsp3) is 0.350. The molecule has 0 radical (unpaired) electrons. The topological polar surface area (TPSA) is 72.3 Å². The van der Waals surface area contributed by atoms with E-state index >= 15 is 0 Å². The molecule has 7 heteroatoms. The minimum Gasteiger partial charge on any atom is -0.378 e. The van der Waals surface area contributed by atoms with Crippen molar-refractivity contribution in [3.8, 4) is 0 Å². The Morgan fingerprint density at radius 3 is 2.89 bits per heavy atom. The van der Waals surface area contributed by atoms with Crippen LogP contribution in [0.4, 0.5) is 5.82 Å². The van der Waals surface area contributed by atoms with Crippen LogP contribution in [-0.4, -0.2) is 53.3 Å². The molecule has 1 saturated heterocycles. The summed E-state index contributed by atoms with van der Waals surface area (Å²) >= 11 is 0. The van der Waals surface area contributed by atoms with Crippen molar-refractivity contribution in [1.82, 2.24) is 19.9 Å². The molecule has 4 rings (SSSR count). The number of aryl methyl sites for hydroxylation is 1. The van der Waals surface area contributed by atoms with Crippen LogP contribution >= 0.6 is 0 Å². The highest BCUT2D eigenvalue weighted by Gasteiger charge is 2.17. The number of pyridine rings is 1. The zero-order valence-electron chi connectivity index (χ0n) is 15.2. The van der Waals surface area contributed by atoms with Crippen molar-refractivity contribution in [1.29, 1.82) is 0 Å². The molecule has 0 aliphatic carbocycles. The maximum atomic E-state index is 12.9. The minimum absolute atomic E-state index is 0.0614. The molecule has 1 aliphatic heterocycles. The Balaban J connectivity index is 1.50. The number of ether oxygens (including phenoxy) is 1. The molecular formula is C20H23N5O2. The number of amides is 1. The normalized spacial score (nSPS) is 14.4. The van der Waals surface area contributed by atoms with Gasteiger partial charge in [-0.2, -0.15) is 0 Å². The second kappa shape index (κ2) is 8.18. The van der Waals surface area contributed by atoms with Crippen LogP contribution < -0.4 is 10.2 Å². The van der Waals surface area contributed by atoms with Gasteiger partial charge in [0.1, 0.15) is 5.82 Å². The number of aromatic nitrogens is 3. The van der Waals surface area contributed by atoms with Gasteiger partial charge in [-0.25, -0.2) is 9.97 Å². The number of hydrogen-bond acceptors (Lipinski definition) is 5. The second-order valence-electron chi connectivity index (χ2n) is 6.55. The molecule has 1 aliphatic rings. The first kappa shape index (κ1) is 17.5. The van der Waals surface area contributed by atoms with Gasteiger partial charge in [0.25, 0.3) is 5.91 Å². The third-order valence-corrected chi connectivity index (χ3v) is 4.72. The number of nitrogens with zero attached hydrogens (tertiary/aromatic N) is 4. The molecule has 0 bridgehead atoms. The van der Waals surface area contributed by atoms with Gasteiger partial charge in [-0.05, 0) is 18.6 Å². The summed E-state index contributed by atoms with van der Waals surface area (Å²) in [6, 6.07) is 9.69. The molecule has 0 spiro atoms. The van der Waals surface area contributed by atoms with Gasteiger partial charge >= 0.3 is 0 Å². The van der Waals surface area contributed by atoms with Crippen LogP contribution in [0.1, 0.15) is 16.8 Å². The van der Waals surface area contributed by atoms with Crippen LogP contribution in [0, 0.1) is 0 Å². The Kier molecular flexibility index (Phi) is 5.29. The number of nitrogens with one attached hydrogen (secondary N) is 1. The fourth-order valence-corrected chi connectivity index (χ4v) is 3.28. The van der Waals surface area contributed by atoms with Gasteiger partial charge in [0.05, 0.1) is 30.6 Å². The van der Waals surface area contributed by atoms with E-state index in [0.717, 1.165) is 42.8 Å². The third-order valence-electron chi connectivity index (χ3n) is 4.72. The van der Waals surface area contributed by atoms with E-state index in [4.69, 9.17) is 9.72 Å². The maximum absolute atomic E-state index is 12.9. The molecule has 27 heavy (non-hydrogen) atoms. The lowest BCUT2D eigenvalue weighted by molar-refractivity contribution is 0.0954.